The molecule has 0 amide bonds. The number of hydrogen-bond acceptors (Lipinski definition) is 3. The topological polar surface area (TPSA) is 40.1 Å². The van der Waals surface area contributed by atoms with Crippen molar-refractivity contribution in [2.75, 3.05) is 60.0 Å². The van der Waals surface area contributed by atoms with Gasteiger partial charge in [0.25, 0.3) is 0 Å². The van der Waals surface area contributed by atoms with Gasteiger partial charge in [0.2, 0.25) is 0 Å². The molecule has 0 aromatic heterocycles. The summed E-state index contributed by atoms with van der Waals surface area (Å²) < 4.78 is 5.49. The van der Waals surface area contributed by atoms with Gasteiger partial charge in [0.15, 0.2) is 5.96 Å². The molecule has 2 fully saturated rings. The first kappa shape index (κ1) is 22.4. The molecule has 3 rings (SSSR count). The van der Waals surface area contributed by atoms with Crippen LogP contribution in [0.25, 0.3) is 0 Å². The Labute approximate surface area is 181 Å². The minimum absolute atomic E-state index is 0. The van der Waals surface area contributed by atoms with Gasteiger partial charge in [0, 0.05) is 52.8 Å². The second kappa shape index (κ2) is 11.9. The Hall–Kier alpha value is -0.860. The van der Waals surface area contributed by atoms with Crippen LogP contribution in [0.15, 0.2) is 35.3 Å². The van der Waals surface area contributed by atoms with Crippen LogP contribution in [0.5, 0.6) is 0 Å². The Balaban J connectivity index is 0.00000261. The second-order valence-corrected chi connectivity index (χ2v) is 7.73. The lowest BCUT2D eigenvalue weighted by molar-refractivity contribution is 0.181. The molecule has 152 valence electrons. The van der Waals surface area contributed by atoms with Gasteiger partial charge in [-0.3, -0.25) is 4.99 Å². The van der Waals surface area contributed by atoms with Crippen LogP contribution in [0, 0.1) is 11.8 Å². The summed E-state index contributed by atoms with van der Waals surface area (Å²) >= 11 is 0. The van der Waals surface area contributed by atoms with E-state index in [1.807, 2.05) is 7.05 Å². The normalized spacial score (nSPS) is 23.3. The van der Waals surface area contributed by atoms with E-state index in [0.717, 1.165) is 45.2 Å². The van der Waals surface area contributed by atoms with Crippen LogP contribution in [0.4, 0.5) is 0 Å². The second-order valence-electron chi connectivity index (χ2n) is 7.73. The maximum atomic E-state index is 5.49. The fourth-order valence-electron chi connectivity index (χ4n) is 4.04. The highest BCUT2D eigenvalue weighted by molar-refractivity contribution is 14.0. The van der Waals surface area contributed by atoms with Gasteiger partial charge >= 0.3 is 0 Å². The number of hydrogen-bond donors (Lipinski definition) is 1. The van der Waals surface area contributed by atoms with E-state index in [9.17, 15) is 0 Å². The molecule has 2 heterocycles. The molecule has 2 atom stereocenters. The smallest absolute Gasteiger partial charge is 0.193 e. The summed E-state index contributed by atoms with van der Waals surface area (Å²) in [5.41, 5.74) is 1.44. The summed E-state index contributed by atoms with van der Waals surface area (Å²) in [5, 5.41) is 3.59. The van der Waals surface area contributed by atoms with Crippen molar-refractivity contribution in [3.8, 4) is 0 Å². The molecule has 6 heteroatoms. The number of halogens is 1. The van der Waals surface area contributed by atoms with Crippen molar-refractivity contribution in [2.24, 2.45) is 16.8 Å². The first-order chi connectivity index (χ1) is 12.7. The van der Waals surface area contributed by atoms with Gasteiger partial charge in [0.05, 0.1) is 6.61 Å². The lowest BCUT2D eigenvalue weighted by Crippen LogP contribution is -2.43. The molecule has 27 heavy (non-hydrogen) atoms. The van der Waals surface area contributed by atoms with Crippen LogP contribution in [-0.2, 0) is 11.2 Å². The van der Waals surface area contributed by atoms with E-state index in [4.69, 9.17) is 4.74 Å². The van der Waals surface area contributed by atoms with Gasteiger partial charge in [-0.2, -0.15) is 0 Å². The van der Waals surface area contributed by atoms with Crippen LogP contribution in [-0.4, -0.2) is 75.8 Å². The quantitative estimate of drug-likeness (QED) is 0.366. The number of nitrogens with one attached hydrogen (secondary N) is 1. The first-order valence-electron chi connectivity index (χ1n) is 10.0. The molecule has 0 spiro atoms. The zero-order valence-corrected chi connectivity index (χ0v) is 19.1. The number of rotatable bonds is 7. The number of ether oxygens (including phenoxy) is 1. The molecule has 2 unspecified atom stereocenters. The summed E-state index contributed by atoms with van der Waals surface area (Å²) in [7, 11) is 4.01. The molecule has 0 aliphatic carbocycles. The molecule has 1 aromatic carbocycles. The fourth-order valence-corrected chi connectivity index (χ4v) is 4.04. The molecule has 2 aliphatic rings. The van der Waals surface area contributed by atoms with E-state index in [-0.39, 0.29) is 24.0 Å². The highest BCUT2D eigenvalue weighted by Crippen LogP contribution is 2.17. The van der Waals surface area contributed by atoms with Gasteiger partial charge in [-0.15, -0.1) is 24.0 Å². The van der Waals surface area contributed by atoms with Gasteiger partial charge in [-0.1, -0.05) is 30.3 Å². The summed E-state index contributed by atoms with van der Waals surface area (Å²) in [5.74, 6) is 2.36. The monoisotopic (exact) mass is 486 g/mol. The zero-order valence-electron chi connectivity index (χ0n) is 16.8. The minimum atomic E-state index is 0. The lowest BCUT2D eigenvalue weighted by Gasteiger charge is -2.25. The Kier molecular flexibility index (Phi) is 9.86. The maximum Gasteiger partial charge on any atom is 0.193 e. The van der Waals surface area contributed by atoms with Crippen LogP contribution in [0.1, 0.15) is 18.4 Å². The lowest BCUT2D eigenvalue weighted by atomic mass is 10.1. The predicted molar refractivity (Wildman–Crippen MR) is 123 cm³/mol. The van der Waals surface area contributed by atoms with Crippen LogP contribution in [0.2, 0.25) is 0 Å². The van der Waals surface area contributed by atoms with Crippen LogP contribution in [0.3, 0.4) is 0 Å². The maximum absolute atomic E-state index is 5.49. The van der Waals surface area contributed by atoms with E-state index >= 15 is 0 Å². The summed E-state index contributed by atoms with van der Waals surface area (Å²) in [6.45, 7) is 7.40. The van der Waals surface area contributed by atoms with Crippen molar-refractivity contribution in [3.63, 3.8) is 0 Å². The zero-order chi connectivity index (χ0) is 18.2. The molecule has 0 radical (unpaired) electrons. The molecule has 1 N–H and O–H groups in total. The van der Waals surface area contributed by atoms with Gasteiger partial charge in [-0.25, -0.2) is 0 Å². The Morgan fingerprint density at radius 1 is 1.26 bits per heavy atom. The third-order valence-corrected chi connectivity index (χ3v) is 5.61. The Bertz CT molecular complexity index is 563. The molecular weight excluding hydrogens is 451 g/mol. The largest absolute Gasteiger partial charge is 0.381 e. The molecule has 1 aromatic rings. The Morgan fingerprint density at radius 3 is 2.78 bits per heavy atom. The molecule has 0 saturated carbocycles. The van der Waals surface area contributed by atoms with Crippen LogP contribution < -0.4 is 5.32 Å². The number of likely N-dealkylation sites (tertiary alicyclic amines) is 1. The molecule has 2 aliphatic heterocycles. The average molecular weight is 486 g/mol. The third kappa shape index (κ3) is 7.23. The van der Waals surface area contributed by atoms with Crippen molar-refractivity contribution in [3.05, 3.63) is 35.9 Å². The average Bonchev–Trinajstić information content (AvgIpc) is 3.33. The van der Waals surface area contributed by atoms with E-state index in [1.165, 1.54) is 31.5 Å². The fraction of sp³-hybridized carbons (Fsp3) is 0.667. The van der Waals surface area contributed by atoms with E-state index in [0.29, 0.717) is 11.8 Å². The summed E-state index contributed by atoms with van der Waals surface area (Å²) in [6, 6.07) is 10.8. The highest BCUT2D eigenvalue weighted by atomic mass is 127. The molecule has 5 nitrogen and oxygen atoms in total. The van der Waals surface area contributed by atoms with Crippen molar-refractivity contribution < 1.29 is 4.74 Å². The SMILES string of the molecule is CN=C(NCC1CCN(CCc2ccccc2)C1)N(C)CC1CCOC1.I. The van der Waals surface area contributed by atoms with Crippen molar-refractivity contribution in [1.82, 2.24) is 15.1 Å². The Morgan fingerprint density at radius 2 is 2.07 bits per heavy atom. The number of benzene rings is 1. The standard InChI is InChI=1S/C21H34N4O.HI/c1-22-21(24(2)15-20-10-13-26-17-20)23-14-19-9-12-25(16-19)11-8-18-6-4-3-5-7-18;/h3-7,19-20H,8-17H2,1-2H3,(H,22,23);1H. The predicted octanol–water partition coefficient (Wildman–Crippen LogP) is 2.71. The number of aliphatic imine (C=N–C) groups is 1. The minimum Gasteiger partial charge on any atom is -0.381 e. The van der Waals surface area contributed by atoms with Crippen LogP contribution >= 0.6 is 24.0 Å². The van der Waals surface area contributed by atoms with Gasteiger partial charge in [0.1, 0.15) is 0 Å². The molecule has 0 bridgehead atoms. The number of guanidine groups is 1. The van der Waals surface area contributed by atoms with Crippen molar-refractivity contribution in [1.29, 1.82) is 0 Å². The van der Waals surface area contributed by atoms with Gasteiger partial charge < -0.3 is 19.9 Å². The third-order valence-electron chi connectivity index (χ3n) is 5.61. The highest BCUT2D eigenvalue weighted by Gasteiger charge is 2.23. The summed E-state index contributed by atoms with van der Waals surface area (Å²) in [6.07, 6.45) is 3.59. The summed E-state index contributed by atoms with van der Waals surface area (Å²) in [4.78, 5) is 9.31. The first-order valence-corrected chi connectivity index (χ1v) is 10.0. The van der Waals surface area contributed by atoms with Crippen molar-refractivity contribution in [2.45, 2.75) is 19.3 Å². The van der Waals surface area contributed by atoms with E-state index < -0.39 is 0 Å². The molecule has 2 saturated heterocycles. The molecular formula is C21H35IN4O. The van der Waals surface area contributed by atoms with E-state index in [1.54, 1.807) is 0 Å². The van der Waals surface area contributed by atoms with E-state index in [2.05, 4.69) is 57.5 Å². The van der Waals surface area contributed by atoms with Crippen molar-refractivity contribution >= 4 is 29.9 Å². The number of nitrogens with zero attached hydrogens (tertiary/aromatic N) is 3. The van der Waals surface area contributed by atoms with Gasteiger partial charge in [-0.05, 0) is 37.3 Å².